The summed E-state index contributed by atoms with van der Waals surface area (Å²) >= 11 is 0. The number of hydrogen-bond acceptors (Lipinski definition) is 19. The molecule has 23 nitrogen and oxygen atoms in total. The minimum Gasteiger partial charge on any atom is -0.394 e. The molecule has 0 aliphatic carbocycles. The van der Waals surface area contributed by atoms with Gasteiger partial charge in [0.1, 0.15) is 17.7 Å². The highest BCUT2D eigenvalue weighted by Crippen LogP contribution is 2.01. The molecule has 1 rings (SSSR count). The van der Waals surface area contributed by atoms with Crippen LogP contribution in [-0.4, -0.2) is 187 Å². The summed E-state index contributed by atoms with van der Waals surface area (Å²) in [5.74, 6) is -0.611. The molecule has 23 heteroatoms. The molecule has 1 atom stereocenters. The lowest BCUT2D eigenvalue weighted by molar-refractivity contribution is -0.125. The number of aldehydes is 1. The smallest absolute Gasteiger partial charge is 0.222 e. The average Bonchev–Trinajstić information content (AvgIpc) is 3.72. The lowest BCUT2D eigenvalue weighted by Crippen LogP contribution is -2.36. The van der Waals surface area contributed by atoms with Crippen molar-refractivity contribution in [2.24, 2.45) is 5.11 Å². The van der Waals surface area contributed by atoms with Crippen molar-refractivity contribution in [2.45, 2.75) is 64.1 Å². The number of ether oxygens (including phenoxy) is 8. The van der Waals surface area contributed by atoms with Crippen LogP contribution in [0.25, 0.3) is 0 Å². The lowest BCUT2D eigenvalue weighted by atomic mass is 10.1. The number of nitrogens with zero attached hydrogens (tertiary/aromatic N) is 4. The topological polar surface area (TPSA) is 298 Å². The Morgan fingerprint density at radius 3 is 1.89 bits per heavy atom. The second-order valence-corrected chi connectivity index (χ2v) is 13.0. The first-order valence-corrected chi connectivity index (χ1v) is 20.7. The largest absolute Gasteiger partial charge is 0.394 e. The predicted octanol–water partition coefficient (Wildman–Crippen LogP) is -0.996. The number of aromatic nitrogens is 3. The third-order valence-corrected chi connectivity index (χ3v) is 7.94. The third kappa shape index (κ3) is 35.3. The van der Waals surface area contributed by atoms with E-state index in [4.69, 9.17) is 53.6 Å². The van der Waals surface area contributed by atoms with Crippen molar-refractivity contribution in [2.75, 3.05) is 132 Å². The molecule has 3 amide bonds. The molecule has 7 N–H and O–H groups in total. The van der Waals surface area contributed by atoms with Gasteiger partial charge in [0.25, 0.3) is 0 Å². The van der Waals surface area contributed by atoms with Crippen LogP contribution in [0.2, 0.25) is 0 Å². The Morgan fingerprint density at radius 1 is 0.689 bits per heavy atom. The Kier molecular flexibility index (Phi) is 37.2. The normalized spacial score (nSPS) is 11.9. The van der Waals surface area contributed by atoms with Gasteiger partial charge in [0.2, 0.25) is 17.7 Å². The molecule has 0 bridgehead atoms. The second kappa shape index (κ2) is 41.3. The molecule has 0 aliphatic heterocycles. The summed E-state index contributed by atoms with van der Waals surface area (Å²) in [6, 6.07) is -0.622. The van der Waals surface area contributed by atoms with Crippen molar-refractivity contribution < 1.29 is 67.3 Å². The highest BCUT2D eigenvalue weighted by molar-refractivity contribution is 5.79. The summed E-state index contributed by atoms with van der Waals surface area (Å²) < 4.78 is 44.5. The molecule has 0 unspecified atom stereocenters. The zero-order valence-electron chi connectivity index (χ0n) is 35.4. The summed E-state index contributed by atoms with van der Waals surface area (Å²) in [6.45, 7) is 6.90. The molecule has 0 aliphatic rings. The standard InChI is InChI=1S/C38H69N9O14/c39-44-34(31-60-26-24-58-18-12-48)28-40-10-16-56-22-20-54-15-7-37(52)42-9-3-5-38(53)43-33(30-50)4-1-2-8-41-36(51)6-14-55-21-23-57-17-11-47-29-35(45-46-47)32-61-27-25-59-19-13-49/h28-30,33,39-40,48-49H,1-27,31-32H2,(H,41,51)(H,42,52)(H,43,53)/b34-28-,44-39?/t33-/m0/s1. The first kappa shape index (κ1) is 55.0. The van der Waals surface area contributed by atoms with E-state index in [1.165, 1.54) is 0 Å². The fourth-order valence-electron chi connectivity index (χ4n) is 4.82. The van der Waals surface area contributed by atoms with Crippen LogP contribution in [-0.2, 0) is 70.2 Å². The maximum Gasteiger partial charge on any atom is 0.222 e. The van der Waals surface area contributed by atoms with E-state index in [2.05, 4.69) is 36.7 Å². The fraction of sp³-hybridized carbons (Fsp3) is 0.789. The Labute approximate surface area is 357 Å². The van der Waals surface area contributed by atoms with Crippen LogP contribution in [0.3, 0.4) is 0 Å². The maximum absolute atomic E-state index is 12.3. The number of unbranched alkanes of at least 4 members (excludes halogenated alkanes) is 1. The van der Waals surface area contributed by atoms with Crippen molar-refractivity contribution >= 4 is 24.0 Å². The van der Waals surface area contributed by atoms with E-state index in [1.807, 2.05) is 0 Å². The summed E-state index contributed by atoms with van der Waals surface area (Å²) in [7, 11) is 0. The summed E-state index contributed by atoms with van der Waals surface area (Å²) in [6.07, 6.45) is 6.74. The van der Waals surface area contributed by atoms with Crippen LogP contribution in [0.4, 0.5) is 0 Å². The van der Waals surface area contributed by atoms with Crippen LogP contribution >= 0.6 is 0 Å². The first-order valence-electron chi connectivity index (χ1n) is 20.7. The average molecular weight is 876 g/mol. The number of hydrogen-bond donors (Lipinski definition) is 7. The van der Waals surface area contributed by atoms with Gasteiger partial charge < -0.3 is 74.2 Å². The van der Waals surface area contributed by atoms with Gasteiger partial charge in [-0.25, -0.2) is 10.2 Å². The van der Waals surface area contributed by atoms with Gasteiger partial charge in [-0.15, -0.1) is 5.10 Å². The number of amides is 3. The van der Waals surface area contributed by atoms with Gasteiger partial charge in [-0.05, 0) is 25.7 Å². The van der Waals surface area contributed by atoms with Crippen molar-refractivity contribution in [3.63, 3.8) is 0 Å². The number of rotatable bonds is 45. The Hall–Kier alpha value is -4.04. The van der Waals surface area contributed by atoms with Gasteiger partial charge >= 0.3 is 0 Å². The predicted molar refractivity (Wildman–Crippen MR) is 217 cm³/mol. The van der Waals surface area contributed by atoms with Crippen LogP contribution in [0, 0.1) is 5.53 Å². The first-order chi connectivity index (χ1) is 29.9. The van der Waals surface area contributed by atoms with Gasteiger partial charge in [-0.2, -0.15) is 5.11 Å². The molecule has 0 saturated carbocycles. The van der Waals surface area contributed by atoms with E-state index in [1.54, 1.807) is 17.1 Å². The highest BCUT2D eigenvalue weighted by atomic mass is 16.5. The number of carbonyl (C=O) groups excluding carboxylic acids is 4. The molecule has 0 aromatic carbocycles. The van der Waals surface area contributed by atoms with Gasteiger partial charge in [-0.1, -0.05) is 5.21 Å². The van der Waals surface area contributed by atoms with E-state index < -0.39 is 6.04 Å². The summed E-state index contributed by atoms with van der Waals surface area (Å²) in [4.78, 5) is 47.9. The minimum atomic E-state index is -0.622. The molecular formula is C38H69N9O14. The molecule has 1 heterocycles. The molecule has 0 saturated heterocycles. The van der Waals surface area contributed by atoms with Gasteiger partial charge in [0.15, 0.2) is 0 Å². The molecule has 0 radical (unpaired) electrons. The fourth-order valence-corrected chi connectivity index (χ4v) is 4.82. The van der Waals surface area contributed by atoms with Gasteiger partial charge in [0.05, 0.1) is 138 Å². The van der Waals surface area contributed by atoms with Crippen LogP contribution < -0.4 is 21.3 Å². The molecule has 61 heavy (non-hydrogen) atoms. The van der Waals surface area contributed by atoms with Crippen LogP contribution in [0.5, 0.6) is 0 Å². The van der Waals surface area contributed by atoms with E-state index in [-0.39, 0.29) is 83.2 Å². The van der Waals surface area contributed by atoms with Crippen LogP contribution in [0.1, 0.15) is 50.6 Å². The Balaban J connectivity index is 1.92. The molecule has 0 fully saturated rings. The van der Waals surface area contributed by atoms with E-state index in [0.717, 1.165) is 0 Å². The number of aliphatic hydroxyl groups excluding tert-OH is 2. The molecular weight excluding hydrogens is 806 g/mol. The van der Waals surface area contributed by atoms with Crippen molar-refractivity contribution in [3.05, 3.63) is 23.8 Å². The van der Waals surface area contributed by atoms with Gasteiger partial charge in [-0.3, -0.25) is 14.4 Å². The third-order valence-electron chi connectivity index (χ3n) is 7.94. The van der Waals surface area contributed by atoms with E-state index >= 15 is 0 Å². The summed E-state index contributed by atoms with van der Waals surface area (Å²) in [5.41, 5.74) is 8.29. The second-order valence-electron chi connectivity index (χ2n) is 13.0. The maximum atomic E-state index is 12.3. The Morgan fingerprint density at radius 2 is 1.26 bits per heavy atom. The lowest BCUT2D eigenvalue weighted by Gasteiger charge is -2.13. The van der Waals surface area contributed by atoms with Gasteiger partial charge in [0, 0.05) is 45.1 Å². The monoisotopic (exact) mass is 875 g/mol. The molecule has 1 aromatic heterocycles. The minimum absolute atomic E-state index is 0.0195. The molecule has 1 aromatic rings. The number of nitrogens with one attached hydrogen (secondary N) is 5. The van der Waals surface area contributed by atoms with Crippen molar-refractivity contribution in [1.82, 2.24) is 36.3 Å². The van der Waals surface area contributed by atoms with E-state index in [0.29, 0.717) is 142 Å². The van der Waals surface area contributed by atoms with Crippen molar-refractivity contribution in [3.8, 4) is 0 Å². The zero-order chi connectivity index (χ0) is 44.3. The molecule has 0 spiro atoms. The summed E-state index contributed by atoms with van der Waals surface area (Å²) in [5, 5.41) is 40.0. The molecule has 350 valence electrons. The SMILES string of the molecule is N=N/C(=C\NCCOCCOCCC(=O)NCCCC(=O)N[C@H](C=O)CCCCNC(=O)CCOCCOCCn1cc(COCCOCCO)nn1)COCCOCCO. The highest BCUT2D eigenvalue weighted by Gasteiger charge is 2.12. The van der Waals surface area contributed by atoms with Crippen LogP contribution in [0.15, 0.2) is 23.2 Å². The number of carbonyl (C=O) groups is 4. The van der Waals surface area contributed by atoms with Crippen molar-refractivity contribution in [1.29, 1.82) is 5.53 Å². The zero-order valence-corrected chi connectivity index (χ0v) is 35.4. The number of aliphatic hydroxyl groups is 2. The Bertz CT molecular complexity index is 1290. The van der Waals surface area contributed by atoms with E-state index in [9.17, 15) is 19.2 Å². The quantitative estimate of drug-likeness (QED) is 0.0235.